The molecule has 66 valence electrons. The molecular formula is C5H9NaO4S2. The second-order valence-electron chi connectivity index (χ2n) is 2.61. The van der Waals surface area contributed by atoms with Crippen LogP contribution in [0.2, 0.25) is 0 Å². The normalized spacial score (nSPS) is 25.8. The van der Waals surface area contributed by atoms with Gasteiger partial charge in [0.2, 0.25) is 0 Å². The van der Waals surface area contributed by atoms with Crippen LogP contribution in [-0.4, -0.2) is 33.9 Å². The summed E-state index contributed by atoms with van der Waals surface area (Å²) in [6.45, 7) is 0. The molecule has 0 aromatic rings. The first-order valence-corrected chi connectivity index (χ1v) is 6.26. The smallest absolute Gasteiger partial charge is 0.772 e. The topological polar surface area (TPSA) is 74.3 Å². The summed E-state index contributed by atoms with van der Waals surface area (Å²) in [5.41, 5.74) is 0. The van der Waals surface area contributed by atoms with Crippen LogP contribution in [0, 0.1) is 0 Å². The summed E-state index contributed by atoms with van der Waals surface area (Å²) in [6.07, 6.45) is 0.525. The standard InChI is InChI=1S/C5H10O4S2.Na/c6-10(7)5-1-3-11(8,9)4-2-5;/h5H,1-4H2,(H,6,7);/q;+1/p-1. The zero-order chi connectivity index (χ0) is 8.48. The molecule has 0 saturated carbocycles. The van der Waals surface area contributed by atoms with E-state index in [2.05, 4.69) is 0 Å². The van der Waals surface area contributed by atoms with Crippen molar-refractivity contribution >= 4 is 20.9 Å². The molecule has 1 fully saturated rings. The van der Waals surface area contributed by atoms with Crippen molar-refractivity contribution in [3.63, 3.8) is 0 Å². The van der Waals surface area contributed by atoms with Crippen LogP contribution in [0.5, 0.6) is 0 Å². The van der Waals surface area contributed by atoms with Gasteiger partial charge in [0.15, 0.2) is 0 Å². The fraction of sp³-hybridized carbons (Fsp3) is 1.00. The van der Waals surface area contributed by atoms with Crippen molar-refractivity contribution in [1.29, 1.82) is 0 Å². The first-order chi connectivity index (χ1) is 5.01. The molecule has 0 amide bonds. The molecule has 0 bridgehead atoms. The van der Waals surface area contributed by atoms with Crippen molar-refractivity contribution < 1.29 is 46.7 Å². The van der Waals surface area contributed by atoms with Crippen LogP contribution in [0.1, 0.15) is 12.8 Å². The van der Waals surface area contributed by atoms with Crippen LogP contribution in [0.3, 0.4) is 0 Å². The predicted octanol–water partition coefficient (Wildman–Crippen LogP) is -3.55. The van der Waals surface area contributed by atoms with Gasteiger partial charge in [-0.25, -0.2) is 8.42 Å². The second-order valence-corrected chi connectivity index (χ2v) is 6.10. The van der Waals surface area contributed by atoms with Crippen molar-refractivity contribution in [2.45, 2.75) is 18.1 Å². The molecule has 0 radical (unpaired) electrons. The van der Waals surface area contributed by atoms with Crippen molar-refractivity contribution in [1.82, 2.24) is 0 Å². The Morgan fingerprint density at radius 1 is 1.25 bits per heavy atom. The summed E-state index contributed by atoms with van der Waals surface area (Å²) in [7, 11) is -2.92. The van der Waals surface area contributed by atoms with Gasteiger partial charge in [-0.2, -0.15) is 0 Å². The van der Waals surface area contributed by atoms with Gasteiger partial charge in [0.1, 0.15) is 9.84 Å². The number of rotatable bonds is 1. The summed E-state index contributed by atoms with van der Waals surface area (Å²) in [5, 5.41) is -0.446. The van der Waals surface area contributed by atoms with Gasteiger partial charge in [-0.1, -0.05) is 11.1 Å². The fourth-order valence-corrected chi connectivity index (χ4v) is 3.47. The number of sulfone groups is 1. The molecule has 1 saturated heterocycles. The first kappa shape index (κ1) is 13.1. The van der Waals surface area contributed by atoms with E-state index in [1.165, 1.54) is 0 Å². The number of hydrogen-bond acceptors (Lipinski definition) is 4. The molecule has 1 rings (SSSR count). The molecule has 12 heavy (non-hydrogen) atoms. The second kappa shape index (κ2) is 5.07. The van der Waals surface area contributed by atoms with Gasteiger partial charge >= 0.3 is 29.6 Å². The zero-order valence-corrected chi connectivity index (χ0v) is 10.5. The Labute approximate surface area is 96.6 Å². The Morgan fingerprint density at radius 3 is 2.00 bits per heavy atom. The Hall–Kier alpha value is 1.06. The van der Waals surface area contributed by atoms with Gasteiger partial charge in [0, 0.05) is 5.25 Å². The summed E-state index contributed by atoms with van der Waals surface area (Å²) in [4.78, 5) is 0. The van der Waals surface area contributed by atoms with Crippen LogP contribution in [0.25, 0.3) is 0 Å². The molecule has 1 atom stereocenters. The van der Waals surface area contributed by atoms with Gasteiger partial charge in [-0.15, -0.1) is 0 Å². The van der Waals surface area contributed by atoms with E-state index in [4.69, 9.17) is 0 Å². The van der Waals surface area contributed by atoms with Crippen LogP contribution in [0.15, 0.2) is 0 Å². The van der Waals surface area contributed by atoms with Crippen LogP contribution in [0.4, 0.5) is 0 Å². The van der Waals surface area contributed by atoms with Gasteiger partial charge in [-0.05, 0) is 12.8 Å². The molecule has 0 spiro atoms. The maximum Gasteiger partial charge on any atom is 1.00 e. The van der Waals surface area contributed by atoms with Crippen LogP contribution in [-0.2, 0) is 20.9 Å². The van der Waals surface area contributed by atoms with Crippen molar-refractivity contribution in [3.05, 3.63) is 0 Å². The van der Waals surface area contributed by atoms with Gasteiger partial charge < -0.3 is 4.55 Å². The monoisotopic (exact) mass is 220 g/mol. The average molecular weight is 220 g/mol. The van der Waals surface area contributed by atoms with Crippen molar-refractivity contribution in [2.24, 2.45) is 0 Å². The largest absolute Gasteiger partial charge is 1.00 e. The van der Waals surface area contributed by atoms with Crippen molar-refractivity contribution in [3.8, 4) is 0 Å². The quantitative estimate of drug-likeness (QED) is 0.339. The Bertz CT molecular complexity index is 247. The third kappa shape index (κ3) is 3.85. The summed E-state index contributed by atoms with van der Waals surface area (Å²) >= 11 is -2.10. The summed E-state index contributed by atoms with van der Waals surface area (Å²) in [5.74, 6) is 0.0390. The van der Waals surface area contributed by atoms with E-state index >= 15 is 0 Å². The van der Waals surface area contributed by atoms with E-state index in [-0.39, 0.29) is 53.9 Å². The molecule has 0 aromatic heterocycles. The molecule has 1 aliphatic heterocycles. The van der Waals surface area contributed by atoms with Gasteiger partial charge in [0.05, 0.1) is 11.5 Å². The third-order valence-corrected chi connectivity index (χ3v) is 4.50. The minimum atomic E-state index is -2.92. The Morgan fingerprint density at radius 2 is 1.67 bits per heavy atom. The minimum absolute atomic E-state index is 0. The Kier molecular flexibility index (Phi) is 5.52. The predicted molar refractivity (Wildman–Crippen MR) is 40.6 cm³/mol. The molecule has 7 heteroatoms. The van der Waals surface area contributed by atoms with Gasteiger partial charge in [0.25, 0.3) is 0 Å². The molecular weight excluding hydrogens is 211 g/mol. The van der Waals surface area contributed by atoms with E-state index in [0.29, 0.717) is 0 Å². The van der Waals surface area contributed by atoms with E-state index in [9.17, 15) is 17.2 Å². The molecule has 1 aliphatic rings. The van der Waals surface area contributed by atoms with E-state index in [0.717, 1.165) is 0 Å². The molecule has 1 unspecified atom stereocenters. The van der Waals surface area contributed by atoms with E-state index < -0.39 is 26.2 Å². The van der Waals surface area contributed by atoms with Crippen molar-refractivity contribution in [2.75, 3.05) is 11.5 Å². The maximum absolute atomic E-state index is 10.8. The molecule has 1 heterocycles. The summed E-state index contributed by atoms with van der Waals surface area (Å²) < 4.78 is 42.4. The number of hydrogen-bond donors (Lipinski definition) is 0. The third-order valence-electron chi connectivity index (χ3n) is 1.77. The van der Waals surface area contributed by atoms with E-state index in [1.807, 2.05) is 0 Å². The fourth-order valence-electron chi connectivity index (χ4n) is 1.06. The Balaban J connectivity index is 0.00000121. The maximum atomic E-state index is 10.8. The average Bonchev–Trinajstić information content (AvgIpc) is 1.86. The zero-order valence-electron chi connectivity index (χ0n) is 6.86. The van der Waals surface area contributed by atoms with E-state index in [1.54, 1.807) is 0 Å². The van der Waals surface area contributed by atoms with Crippen LogP contribution >= 0.6 is 0 Å². The minimum Gasteiger partial charge on any atom is -0.772 e. The first-order valence-electron chi connectivity index (χ1n) is 3.30. The van der Waals surface area contributed by atoms with Crippen LogP contribution < -0.4 is 29.6 Å². The van der Waals surface area contributed by atoms with Gasteiger partial charge in [-0.3, -0.25) is 4.21 Å². The SMILES string of the molecule is O=S([O-])C1CCS(=O)(=O)CC1.[Na+]. The molecule has 0 aliphatic carbocycles. The molecule has 4 nitrogen and oxygen atoms in total. The molecule has 0 N–H and O–H groups in total. The summed E-state index contributed by atoms with van der Waals surface area (Å²) in [6, 6.07) is 0. The molecule has 0 aromatic carbocycles.